The van der Waals surface area contributed by atoms with Gasteiger partial charge >= 0.3 is 39.5 Å². The number of allylic oxidation sites excluding steroid dienone is 4. The molecule has 17 nitrogen and oxygen atoms in total. The van der Waals surface area contributed by atoms with Gasteiger partial charge in [-0.05, 0) is 69.1 Å². The Bertz CT molecular complexity index is 1840. The van der Waals surface area contributed by atoms with Gasteiger partial charge in [0.15, 0.2) is 12.2 Å². The highest BCUT2D eigenvalue weighted by Crippen LogP contribution is 2.45. The SMILES string of the molecule is CCCCCC/C=C\C=C/CCCCCCCC(=O)O[C@H](COC(=O)CCCCCCCCC(C)CC)COP(=O)(O)OC[C@H](O)COP(=O)(O)OC[C@@H](COC(=O)CCCCCCCCCCCCCC(C)C)OC(=O)CCCCCCCCCC(C)C. The second-order valence-corrected chi connectivity index (χ2v) is 28.7. The predicted octanol–water partition coefficient (Wildman–Crippen LogP) is 19.4. The Kier molecular flexibility index (Phi) is 58.8. The van der Waals surface area contributed by atoms with Crippen molar-refractivity contribution in [2.75, 3.05) is 39.6 Å². The Morgan fingerprint density at radius 3 is 1.00 bits per heavy atom. The molecule has 0 bridgehead atoms. The third-order valence-corrected chi connectivity index (χ3v) is 17.8. The molecule has 0 heterocycles. The first-order chi connectivity index (χ1) is 42.8. The van der Waals surface area contributed by atoms with Crippen molar-refractivity contribution in [1.82, 2.24) is 0 Å². The fourth-order valence-corrected chi connectivity index (χ4v) is 11.5. The molecule has 0 radical (unpaired) electrons. The van der Waals surface area contributed by atoms with E-state index in [9.17, 15) is 43.2 Å². The van der Waals surface area contributed by atoms with E-state index in [1.165, 1.54) is 116 Å². The third kappa shape index (κ3) is 62.7. The minimum Gasteiger partial charge on any atom is -0.462 e. The molecular weight excluding hydrogens is 1170 g/mol. The minimum absolute atomic E-state index is 0.0835. The molecule has 0 spiro atoms. The lowest BCUT2D eigenvalue weighted by Gasteiger charge is -2.21. The van der Waals surface area contributed by atoms with E-state index in [-0.39, 0.29) is 25.7 Å². The number of unbranched alkanes of at least 4 members (excludes halogenated alkanes) is 30. The number of rotatable bonds is 66. The lowest BCUT2D eigenvalue weighted by atomic mass is 10.00. The van der Waals surface area contributed by atoms with Crippen LogP contribution in [0.15, 0.2) is 24.3 Å². The zero-order chi connectivity index (χ0) is 65.9. The highest BCUT2D eigenvalue weighted by Gasteiger charge is 2.30. The zero-order valence-electron chi connectivity index (χ0n) is 57.4. The van der Waals surface area contributed by atoms with E-state index in [2.05, 4.69) is 72.8 Å². The summed E-state index contributed by atoms with van der Waals surface area (Å²) < 4.78 is 68.2. The number of ether oxygens (including phenoxy) is 4. The van der Waals surface area contributed by atoms with Gasteiger partial charge in [0, 0.05) is 25.7 Å². The van der Waals surface area contributed by atoms with Gasteiger partial charge in [0.25, 0.3) is 0 Å². The first-order valence-corrected chi connectivity index (χ1v) is 38.7. The van der Waals surface area contributed by atoms with E-state index in [4.69, 9.17) is 37.0 Å². The quantitative estimate of drug-likeness (QED) is 0.0169. The highest BCUT2D eigenvalue weighted by atomic mass is 31.2. The van der Waals surface area contributed by atoms with Crippen LogP contribution < -0.4 is 0 Å². The summed E-state index contributed by atoms with van der Waals surface area (Å²) in [7, 11) is -9.91. The van der Waals surface area contributed by atoms with Crippen molar-refractivity contribution < 1.29 is 80.2 Å². The zero-order valence-corrected chi connectivity index (χ0v) is 59.2. The number of esters is 4. The number of phosphoric ester groups is 2. The summed E-state index contributed by atoms with van der Waals surface area (Å²) in [5.74, 6) is 0.0304. The fraction of sp³-hybridized carbons (Fsp3) is 0.886. The molecule has 3 N–H and O–H groups in total. The van der Waals surface area contributed by atoms with E-state index in [0.717, 1.165) is 121 Å². The number of hydrogen-bond acceptors (Lipinski definition) is 15. The van der Waals surface area contributed by atoms with Crippen LogP contribution in [0.5, 0.6) is 0 Å². The second kappa shape index (κ2) is 60.5. The number of hydrogen-bond donors (Lipinski definition) is 3. The second-order valence-electron chi connectivity index (χ2n) is 25.8. The molecule has 0 saturated heterocycles. The molecule has 0 aromatic rings. The highest BCUT2D eigenvalue weighted by molar-refractivity contribution is 7.47. The van der Waals surface area contributed by atoms with E-state index in [0.29, 0.717) is 31.6 Å². The molecule has 6 atom stereocenters. The van der Waals surface area contributed by atoms with Gasteiger partial charge in [0.1, 0.15) is 19.3 Å². The maximum absolute atomic E-state index is 13.0. The number of phosphoric acid groups is 2. The van der Waals surface area contributed by atoms with Gasteiger partial charge < -0.3 is 33.8 Å². The third-order valence-electron chi connectivity index (χ3n) is 15.9. The van der Waals surface area contributed by atoms with Crippen molar-refractivity contribution in [2.45, 2.75) is 343 Å². The number of aliphatic hydroxyl groups excluding tert-OH is 1. The molecule has 0 amide bonds. The van der Waals surface area contributed by atoms with Crippen molar-refractivity contribution in [2.24, 2.45) is 17.8 Å². The lowest BCUT2D eigenvalue weighted by molar-refractivity contribution is -0.161. The monoisotopic (exact) mass is 1310 g/mol. The Morgan fingerprint density at radius 2 is 0.663 bits per heavy atom. The summed E-state index contributed by atoms with van der Waals surface area (Å²) >= 11 is 0. The van der Waals surface area contributed by atoms with Gasteiger partial charge in [0.05, 0.1) is 26.4 Å². The lowest BCUT2D eigenvalue weighted by Crippen LogP contribution is -2.30. The average molecular weight is 1310 g/mol. The molecule has 0 aliphatic rings. The predicted molar refractivity (Wildman–Crippen MR) is 358 cm³/mol. The summed E-state index contributed by atoms with van der Waals surface area (Å²) in [5, 5.41) is 10.6. The van der Waals surface area contributed by atoms with Crippen LogP contribution in [-0.4, -0.2) is 96.7 Å². The molecule has 0 aromatic heterocycles. The molecule has 0 aliphatic carbocycles. The summed E-state index contributed by atoms with van der Waals surface area (Å²) in [6, 6.07) is 0. The smallest absolute Gasteiger partial charge is 0.462 e. The molecule has 524 valence electrons. The average Bonchev–Trinajstić information content (AvgIpc) is 3.58. The normalized spacial score (nSPS) is 14.7. The van der Waals surface area contributed by atoms with Crippen LogP contribution in [0.25, 0.3) is 0 Å². The number of aliphatic hydroxyl groups is 1. The molecule has 0 aliphatic heterocycles. The van der Waals surface area contributed by atoms with Gasteiger partial charge in [-0.2, -0.15) is 0 Å². The standard InChI is InChI=1S/C70H132O17P2/c1-8-10-11-12-13-14-15-16-17-18-21-25-30-39-46-53-69(74)86-66(58-81-68(73)52-45-38-33-32-36-43-50-63(7)9-2)60-85-89(78,79)83-56-64(71)55-82-88(76,77)84-59-65(87-70(75)54-47-40-31-26-28-35-42-49-62(5)6)57-80-67(72)51-44-37-29-24-22-19-20-23-27-34-41-48-61(3)4/h14-17,61-66,71H,8-13,18-60H2,1-7H3,(H,76,77)(H,78,79)/b15-14-,17-16-/t63?,64-,65-,66-/m1/s1. The van der Waals surface area contributed by atoms with E-state index >= 15 is 0 Å². The first-order valence-electron chi connectivity index (χ1n) is 35.7. The van der Waals surface area contributed by atoms with Crippen molar-refractivity contribution in [3.63, 3.8) is 0 Å². The van der Waals surface area contributed by atoms with Gasteiger partial charge in [-0.15, -0.1) is 0 Å². The molecular formula is C70H132O17P2. The summed E-state index contributed by atoms with van der Waals surface area (Å²) in [6.45, 7) is 11.7. The number of carbonyl (C=O) groups is 4. The molecule has 0 aromatic carbocycles. The Balaban J connectivity index is 5.27. The van der Waals surface area contributed by atoms with Gasteiger partial charge in [-0.3, -0.25) is 37.3 Å². The molecule has 89 heavy (non-hydrogen) atoms. The van der Waals surface area contributed by atoms with Crippen LogP contribution in [0.4, 0.5) is 0 Å². The van der Waals surface area contributed by atoms with Crippen LogP contribution in [-0.2, 0) is 65.4 Å². The number of carbonyl (C=O) groups excluding carboxylic acids is 4. The van der Waals surface area contributed by atoms with Crippen LogP contribution >= 0.6 is 15.6 Å². The molecule has 3 unspecified atom stereocenters. The van der Waals surface area contributed by atoms with Crippen molar-refractivity contribution in [3.8, 4) is 0 Å². The maximum Gasteiger partial charge on any atom is 0.472 e. The Morgan fingerprint density at radius 1 is 0.371 bits per heavy atom. The van der Waals surface area contributed by atoms with Gasteiger partial charge in [-0.25, -0.2) is 9.13 Å². The molecule has 0 saturated carbocycles. The van der Waals surface area contributed by atoms with Crippen LogP contribution in [0.1, 0.15) is 325 Å². The topological polar surface area (TPSA) is 237 Å². The van der Waals surface area contributed by atoms with Crippen molar-refractivity contribution in [3.05, 3.63) is 24.3 Å². The minimum atomic E-state index is -4.96. The molecule has 0 fully saturated rings. The Labute approximate surface area is 542 Å². The van der Waals surface area contributed by atoms with E-state index in [1.807, 2.05) is 0 Å². The molecule has 19 heteroatoms. The largest absolute Gasteiger partial charge is 0.472 e. The van der Waals surface area contributed by atoms with Crippen LogP contribution in [0.2, 0.25) is 0 Å². The van der Waals surface area contributed by atoms with E-state index in [1.54, 1.807) is 0 Å². The van der Waals surface area contributed by atoms with Crippen molar-refractivity contribution in [1.29, 1.82) is 0 Å². The maximum atomic E-state index is 13.0. The van der Waals surface area contributed by atoms with E-state index < -0.39 is 97.5 Å². The summed E-state index contributed by atoms with van der Waals surface area (Å²) in [6.07, 6.45) is 46.8. The molecule has 0 rings (SSSR count). The Hall–Kier alpha value is -2.46. The van der Waals surface area contributed by atoms with Gasteiger partial charge in [0.2, 0.25) is 0 Å². The first kappa shape index (κ1) is 86.5. The fourth-order valence-electron chi connectivity index (χ4n) is 9.97. The van der Waals surface area contributed by atoms with Crippen LogP contribution in [0.3, 0.4) is 0 Å². The van der Waals surface area contributed by atoms with Crippen molar-refractivity contribution >= 4 is 39.5 Å². The van der Waals surface area contributed by atoms with Crippen LogP contribution in [0, 0.1) is 17.8 Å². The van der Waals surface area contributed by atoms with Gasteiger partial charge in [-0.1, -0.05) is 272 Å². The summed E-state index contributed by atoms with van der Waals surface area (Å²) in [4.78, 5) is 72.5. The summed E-state index contributed by atoms with van der Waals surface area (Å²) in [5.41, 5.74) is 0.